The number of hydrogen-bond donors (Lipinski definition) is 2. The number of methoxy groups -OCH3 is 1. The number of hydrogen-bond acceptors (Lipinski definition) is 3. The first-order valence-electron chi connectivity index (χ1n) is 6.19. The quantitative estimate of drug-likeness (QED) is 0.764. The van der Waals surface area contributed by atoms with E-state index in [4.69, 9.17) is 4.74 Å². The summed E-state index contributed by atoms with van der Waals surface area (Å²) in [4.78, 5) is 11.8. The van der Waals surface area contributed by atoms with Crippen LogP contribution >= 0.6 is 0 Å². The van der Waals surface area contributed by atoms with Gasteiger partial charge in [-0.3, -0.25) is 4.79 Å². The zero-order chi connectivity index (χ0) is 13.5. The number of phenolic OH excluding ortho intramolecular Hbond substituents is 1. The number of nitrogens with one attached hydrogen (secondary N) is 1. The highest BCUT2D eigenvalue weighted by atomic mass is 16.5. The third kappa shape index (κ3) is 4.28. The van der Waals surface area contributed by atoms with Gasteiger partial charge in [0.2, 0.25) is 0 Å². The van der Waals surface area contributed by atoms with E-state index in [2.05, 4.69) is 19.2 Å². The fourth-order valence-corrected chi connectivity index (χ4v) is 1.65. The van der Waals surface area contributed by atoms with Gasteiger partial charge in [0, 0.05) is 12.1 Å². The molecule has 0 bridgehead atoms. The summed E-state index contributed by atoms with van der Waals surface area (Å²) in [6.45, 7) is 4.97. The topological polar surface area (TPSA) is 58.6 Å². The van der Waals surface area contributed by atoms with Gasteiger partial charge in [-0.2, -0.15) is 0 Å². The second-order valence-electron chi connectivity index (χ2n) is 4.68. The van der Waals surface area contributed by atoms with Crippen LogP contribution in [0, 0.1) is 5.92 Å². The summed E-state index contributed by atoms with van der Waals surface area (Å²) >= 11 is 0. The van der Waals surface area contributed by atoms with Crippen LogP contribution in [0.1, 0.15) is 37.0 Å². The van der Waals surface area contributed by atoms with Crippen molar-refractivity contribution in [2.45, 2.75) is 26.7 Å². The Kier molecular flexibility index (Phi) is 5.49. The molecule has 0 saturated heterocycles. The Morgan fingerprint density at radius 2 is 2.17 bits per heavy atom. The minimum absolute atomic E-state index is 0.0210. The molecule has 1 aromatic carbocycles. The Morgan fingerprint density at radius 3 is 2.72 bits per heavy atom. The fourth-order valence-electron chi connectivity index (χ4n) is 1.65. The number of phenols is 1. The summed E-state index contributed by atoms with van der Waals surface area (Å²) in [5.74, 6) is 0.822. The van der Waals surface area contributed by atoms with Crippen LogP contribution in [0.5, 0.6) is 11.5 Å². The summed E-state index contributed by atoms with van der Waals surface area (Å²) in [6.07, 6.45) is 2.06. The number of aromatic hydroxyl groups is 1. The minimum atomic E-state index is -0.170. The van der Waals surface area contributed by atoms with Crippen molar-refractivity contribution in [2.75, 3.05) is 13.7 Å². The molecule has 4 heteroatoms. The first-order chi connectivity index (χ1) is 8.54. The fraction of sp³-hybridized carbons (Fsp3) is 0.500. The number of carbonyl (C=O) groups is 1. The Hall–Kier alpha value is -1.71. The average molecular weight is 251 g/mol. The lowest BCUT2D eigenvalue weighted by atomic mass is 10.1. The molecule has 0 fully saturated rings. The zero-order valence-corrected chi connectivity index (χ0v) is 11.2. The third-order valence-electron chi connectivity index (χ3n) is 2.68. The number of benzene rings is 1. The molecule has 0 heterocycles. The van der Waals surface area contributed by atoms with Crippen molar-refractivity contribution in [3.63, 3.8) is 0 Å². The highest BCUT2D eigenvalue weighted by Crippen LogP contribution is 2.26. The van der Waals surface area contributed by atoms with Crippen LogP contribution in [0.4, 0.5) is 0 Å². The standard InChI is InChI=1S/C14H21NO3/c1-10(2)5-4-8-15-14(17)11-6-7-13(18-3)12(16)9-11/h6-7,9-10,16H,4-5,8H2,1-3H3,(H,15,17). The molecule has 0 aromatic heterocycles. The van der Waals surface area contributed by atoms with Crippen molar-refractivity contribution in [2.24, 2.45) is 5.92 Å². The molecular formula is C14H21NO3. The zero-order valence-electron chi connectivity index (χ0n) is 11.2. The molecule has 2 N–H and O–H groups in total. The normalized spacial score (nSPS) is 10.4. The van der Waals surface area contributed by atoms with Gasteiger partial charge in [0.1, 0.15) is 0 Å². The van der Waals surface area contributed by atoms with Crippen LogP contribution in [-0.2, 0) is 0 Å². The van der Waals surface area contributed by atoms with Gasteiger partial charge in [0.15, 0.2) is 11.5 Å². The van der Waals surface area contributed by atoms with Crippen molar-refractivity contribution < 1.29 is 14.6 Å². The lowest BCUT2D eigenvalue weighted by Gasteiger charge is -2.08. The van der Waals surface area contributed by atoms with E-state index in [1.165, 1.54) is 13.2 Å². The van der Waals surface area contributed by atoms with Crippen molar-refractivity contribution in [3.05, 3.63) is 23.8 Å². The summed E-state index contributed by atoms with van der Waals surface area (Å²) in [6, 6.07) is 4.63. The van der Waals surface area contributed by atoms with Crippen LogP contribution in [0.15, 0.2) is 18.2 Å². The van der Waals surface area contributed by atoms with E-state index < -0.39 is 0 Å². The highest BCUT2D eigenvalue weighted by Gasteiger charge is 2.08. The van der Waals surface area contributed by atoms with Gasteiger partial charge in [-0.1, -0.05) is 13.8 Å². The number of amides is 1. The molecule has 1 rings (SSSR count). The maximum absolute atomic E-state index is 11.8. The molecule has 1 aromatic rings. The molecule has 0 aliphatic heterocycles. The number of carbonyl (C=O) groups excluding carboxylic acids is 1. The van der Waals surface area contributed by atoms with Gasteiger partial charge in [-0.25, -0.2) is 0 Å². The highest BCUT2D eigenvalue weighted by molar-refractivity contribution is 5.94. The van der Waals surface area contributed by atoms with Crippen LogP contribution in [0.25, 0.3) is 0 Å². The first-order valence-corrected chi connectivity index (χ1v) is 6.19. The second-order valence-corrected chi connectivity index (χ2v) is 4.68. The van der Waals surface area contributed by atoms with Crippen molar-refractivity contribution in [3.8, 4) is 11.5 Å². The summed E-state index contributed by atoms with van der Waals surface area (Å²) in [5.41, 5.74) is 0.442. The van der Waals surface area contributed by atoms with Crippen LogP contribution in [0.3, 0.4) is 0 Å². The van der Waals surface area contributed by atoms with E-state index in [0.717, 1.165) is 12.8 Å². The predicted molar refractivity (Wildman–Crippen MR) is 71.1 cm³/mol. The second kappa shape index (κ2) is 6.89. The lowest BCUT2D eigenvalue weighted by molar-refractivity contribution is 0.0952. The number of ether oxygens (including phenoxy) is 1. The molecule has 18 heavy (non-hydrogen) atoms. The molecular weight excluding hydrogens is 230 g/mol. The minimum Gasteiger partial charge on any atom is -0.504 e. The van der Waals surface area contributed by atoms with Gasteiger partial charge in [0.25, 0.3) is 5.91 Å². The van der Waals surface area contributed by atoms with Crippen LogP contribution in [-0.4, -0.2) is 24.7 Å². The summed E-state index contributed by atoms with van der Waals surface area (Å²) in [5, 5.41) is 12.4. The van der Waals surface area contributed by atoms with Gasteiger partial charge < -0.3 is 15.2 Å². The van der Waals surface area contributed by atoms with E-state index in [1.54, 1.807) is 12.1 Å². The van der Waals surface area contributed by atoms with E-state index in [9.17, 15) is 9.90 Å². The van der Waals surface area contributed by atoms with E-state index >= 15 is 0 Å². The molecule has 0 atom stereocenters. The molecule has 0 radical (unpaired) electrons. The summed E-state index contributed by atoms with van der Waals surface area (Å²) in [7, 11) is 1.47. The Labute approximate surface area is 108 Å². The molecule has 4 nitrogen and oxygen atoms in total. The van der Waals surface area contributed by atoms with Gasteiger partial charge in [0.05, 0.1) is 7.11 Å². The smallest absolute Gasteiger partial charge is 0.251 e. The van der Waals surface area contributed by atoms with Crippen LogP contribution in [0.2, 0.25) is 0 Å². The summed E-state index contributed by atoms with van der Waals surface area (Å²) < 4.78 is 4.92. The monoisotopic (exact) mass is 251 g/mol. The predicted octanol–water partition coefficient (Wildman–Crippen LogP) is 2.57. The maximum atomic E-state index is 11.8. The maximum Gasteiger partial charge on any atom is 0.251 e. The van der Waals surface area contributed by atoms with E-state index in [1.807, 2.05) is 0 Å². The Morgan fingerprint density at radius 1 is 1.44 bits per heavy atom. The third-order valence-corrected chi connectivity index (χ3v) is 2.68. The molecule has 0 unspecified atom stereocenters. The molecule has 1 amide bonds. The lowest BCUT2D eigenvalue weighted by Crippen LogP contribution is -2.24. The molecule has 100 valence electrons. The molecule has 0 spiro atoms. The van der Waals surface area contributed by atoms with Crippen molar-refractivity contribution in [1.29, 1.82) is 0 Å². The van der Waals surface area contributed by atoms with E-state index in [-0.39, 0.29) is 11.7 Å². The van der Waals surface area contributed by atoms with Gasteiger partial charge >= 0.3 is 0 Å². The van der Waals surface area contributed by atoms with Crippen molar-refractivity contribution >= 4 is 5.91 Å². The largest absolute Gasteiger partial charge is 0.504 e. The van der Waals surface area contributed by atoms with Crippen LogP contribution < -0.4 is 10.1 Å². The average Bonchev–Trinajstić information content (AvgIpc) is 2.34. The SMILES string of the molecule is COc1ccc(C(=O)NCCCC(C)C)cc1O. The first kappa shape index (κ1) is 14.4. The molecule has 0 saturated carbocycles. The Balaban J connectivity index is 2.49. The van der Waals surface area contributed by atoms with Gasteiger partial charge in [-0.05, 0) is 37.0 Å². The molecule has 0 aliphatic rings. The van der Waals surface area contributed by atoms with Gasteiger partial charge in [-0.15, -0.1) is 0 Å². The number of rotatable bonds is 6. The molecule has 0 aliphatic carbocycles. The van der Waals surface area contributed by atoms with Crippen molar-refractivity contribution in [1.82, 2.24) is 5.32 Å². The Bertz CT molecular complexity index is 402. The van der Waals surface area contributed by atoms with E-state index in [0.29, 0.717) is 23.8 Å².